The summed E-state index contributed by atoms with van der Waals surface area (Å²) >= 11 is 1.75. The van der Waals surface area contributed by atoms with Gasteiger partial charge in [0, 0.05) is 63.8 Å². The topological polar surface area (TPSA) is 89.6 Å². The van der Waals surface area contributed by atoms with Gasteiger partial charge in [-0.3, -0.25) is 9.59 Å². The fraction of sp³-hybridized carbons (Fsp3) is 0.351. The van der Waals surface area contributed by atoms with Gasteiger partial charge in [-0.25, -0.2) is 0 Å². The summed E-state index contributed by atoms with van der Waals surface area (Å²) < 4.78 is 9.52. The first kappa shape index (κ1) is 27.2. The zero-order valence-corrected chi connectivity index (χ0v) is 26.4. The van der Waals surface area contributed by atoms with Crippen LogP contribution in [-0.4, -0.2) is 47.0 Å². The molecule has 2 unspecified atom stereocenters. The standard InChI is InChI=1S/C37H36N4O3S/c1-19-33-31(44-2)14-25(37(43)41-18-24-8-10-28(41)34(24)38)15-32(33)45-35(19)30-13-23-6-5-22(12-29(23)40(30)17-20-3-4-20)21-7-9-27-26(11-21)16-39-36(27)42/h5-7,9,11-15,20,24,28,34H,3-4,8,10,16-18,38H2,1-2H3,(H,39,42)/t24?,28?,34-/m1/s1. The molecule has 0 radical (unpaired) electrons. The SMILES string of the molecule is COc1cc(C(=O)N2CC3CCC2[C@@H]3N)cc2sc(-c3cc4ccc(-c5ccc6c(c5)CNC6=O)cc4n3CC3CC3)c(C)c12. The van der Waals surface area contributed by atoms with E-state index in [0.717, 1.165) is 64.0 Å². The molecule has 8 heteroatoms. The van der Waals surface area contributed by atoms with Crippen LogP contribution in [0.25, 0.3) is 42.7 Å². The number of amides is 2. The van der Waals surface area contributed by atoms with Gasteiger partial charge in [0.1, 0.15) is 5.75 Å². The first-order valence-electron chi connectivity index (χ1n) is 16.1. The molecule has 2 amide bonds. The van der Waals surface area contributed by atoms with Crippen molar-refractivity contribution in [2.45, 2.75) is 57.8 Å². The molecule has 2 aliphatic heterocycles. The minimum Gasteiger partial charge on any atom is -0.496 e. The highest BCUT2D eigenvalue weighted by atomic mass is 32.1. The lowest BCUT2D eigenvalue weighted by atomic mass is 9.99. The Bertz CT molecular complexity index is 2070. The number of hydrogen-bond donors (Lipinski definition) is 2. The molecule has 2 saturated carbocycles. The molecule has 0 spiro atoms. The number of aryl methyl sites for hydroxylation is 1. The molecule has 1 saturated heterocycles. The summed E-state index contributed by atoms with van der Waals surface area (Å²) in [4.78, 5) is 29.1. The van der Waals surface area contributed by atoms with E-state index in [2.05, 4.69) is 59.3 Å². The highest BCUT2D eigenvalue weighted by molar-refractivity contribution is 7.22. The van der Waals surface area contributed by atoms with Crippen molar-refractivity contribution in [1.29, 1.82) is 0 Å². The van der Waals surface area contributed by atoms with Gasteiger partial charge in [-0.1, -0.05) is 18.2 Å². The van der Waals surface area contributed by atoms with Gasteiger partial charge >= 0.3 is 0 Å². The monoisotopic (exact) mass is 616 g/mol. The van der Waals surface area contributed by atoms with E-state index in [0.29, 0.717) is 23.9 Å². The Hall–Kier alpha value is -4.14. The highest BCUT2D eigenvalue weighted by Crippen LogP contribution is 2.46. The van der Waals surface area contributed by atoms with Gasteiger partial charge in [0.15, 0.2) is 0 Å². The maximum absolute atomic E-state index is 13.8. The molecule has 9 rings (SSSR count). The molecular formula is C37H36N4O3S. The number of rotatable bonds is 6. The molecule has 7 nitrogen and oxygen atoms in total. The Kier molecular flexibility index (Phi) is 6.00. The van der Waals surface area contributed by atoms with Gasteiger partial charge < -0.3 is 25.3 Å². The molecule has 2 aromatic heterocycles. The first-order chi connectivity index (χ1) is 21.9. The summed E-state index contributed by atoms with van der Waals surface area (Å²) in [5.74, 6) is 1.93. The van der Waals surface area contributed by atoms with E-state index in [1.807, 2.05) is 17.0 Å². The molecule has 2 bridgehead atoms. The van der Waals surface area contributed by atoms with E-state index >= 15 is 0 Å². The van der Waals surface area contributed by atoms with E-state index < -0.39 is 0 Å². The molecule has 45 heavy (non-hydrogen) atoms. The van der Waals surface area contributed by atoms with Gasteiger partial charge in [-0.2, -0.15) is 0 Å². The molecule has 4 heterocycles. The molecule has 228 valence electrons. The number of thiophene rings is 1. The summed E-state index contributed by atoms with van der Waals surface area (Å²) in [6, 6.07) is 19.4. The molecule has 3 fully saturated rings. The third-order valence-electron chi connectivity index (χ3n) is 10.8. The van der Waals surface area contributed by atoms with Crippen molar-refractivity contribution in [3.63, 3.8) is 0 Å². The lowest BCUT2D eigenvalue weighted by Gasteiger charge is -2.27. The summed E-state index contributed by atoms with van der Waals surface area (Å²) in [7, 11) is 1.70. The number of piperidine rings is 1. The average molecular weight is 617 g/mol. The van der Waals surface area contributed by atoms with Crippen LogP contribution >= 0.6 is 11.3 Å². The number of carbonyl (C=O) groups is 2. The number of likely N-dealkylation sites (tertiary alicyclic amines) is 1. The highest BCUT2D eigenvalue weighted by Gasteiger charge is 2.47. The smallest absolute Gasteiger partial charge is 0.254 e. The van der Waals surface area contributed by atoms with Crippen molar-refractivity contribution in [2.75, 3.05) is 13.7 Å². The van der Waals surface area contributed by atoms with Gasteiger partial charge in [0.25, 0.3) is 11.8 Å². The van der Waals surface area contributed by atoms with Crippen molar-refractivity contribution in [1.82, 2.24) is 14.8 Å². The Balaban J connectivity index is 1.15. The van der Waals surface area contributed by atoms with E-state index in [9.17, 15) is 9.59 Å². The Labute approximate surface area is 266 Å². The number of benzene rings is 3. The van der Waals surface area contributed by atoms with E-state index in [-0.39, 0.29) is 23.9 Å². The third-order valence-corrected chi connectivity index (χ3v) is 12.0. The number of ether oxygens (including phenoxy) is 1. The number of nitrogens with one attached hydrogen (secondary N) is 1. The van der Waals surface area contributed by atoms with E-state index in [4.69, 9.17) is 10.5 Å². The van der Waals surface area contributed by atoms with Gasteiger partial charge in [-0.15, -0.1) is 11.3 Å². The van der Waals surface area contributed by atoms with Crippen LogP contribution in [0.15, 0.2) is 54.6 Å². The van der Waals surface area contributed by atoms with Crippen molar-refractivity contribution in [3.8, 4) is 27.4 Å². The summed E-state index contributed by atoms with van der Waals surface area (Å²) in [6.45, 7) is 4.50. The maximum Gasteiger partial charge on any atom is 0.254 e. The van der Waals surface area contributed by atoms with E-state index in [1.165, 1.54) is 39.9 Å². The number of nitrogens with two attached hydrogens (primary N) is 1. The Morgan fingerprint density at radius 1 is 1.04 bits per heavy atom. The van der Waals surface area contributed by atoms with Gasteiger partial charge in [0.2, 0.25) is 0 Å². The summed E-state index contributed by atoms with van der Waals surface area (Å²) in [6.07, 6.45) is 4.64. The van der Waals surface area contributed by atoms with Crippen molar-refractivity contribution in [3.05, 3.63) is 76.9 Å². The molecular weight excluding hydrogens is 580 g/mol. The van der Waals surface area contributed by atoms with Gasteiger partial charge in [-0.05, 0) is 103 Å². The number of fused-ring (bicyclic) bond motifs is 5. The summed E-state index contributed by atoms with van der Waals surface area (Å²) in [5.41, 5.74) is 14.9. The van der Waals surface area contributed by atoms with Crippen LogP contribution in [0, 0.1) is 18.8 Å². The normalized spacial score (nSPS) is 22.1. The zero-order chi connectivity index (χ0) is 30.6. The minimum absolute atomic E-state index is 0.00835. The number of aromatic nitrogens is 1. The lowest BCUT2D eigenvalue weighted by Crippen LogP contribution is -2.41. The molecule has 3 N–H and O–H groups in total. The van der Waals surface area contributed by atoms with Crippen molar-refractivity contribution < 1.29 is 14.3 Å². The molecule has 5 aromatic rings. The number of hydrogen-bond acceptors (Lipinski definition) is 5. The average Bonchev–Trinajstić information content (AvgIpc) is 3.26. The number of methoxy groups -OCH3 is 1. The largest absolute Gasteiger partial charge is 0.496 e. The van der Waals surface area contributed by atoms with Crippen LogP contribution in [-0.2, 0) is 13.1 Å². The second-order valence-electron chi connectivity index (χ2n) is 13.5. The second kappa shape index (κ2) is 9.93. The Morgan fingerprint density at radius 3 is 2.62 bits per heavy atom. The fourth-order valence-corrected chi connectivity index (χ4v) is 9.40. The van der Waals surface area contributed by atoms with E-state index in [1.54, 1.807) is 18.4 Å². The van der Waals surface area contributed by atoms with Gasteiger partial charge in [0.05, 0.1) is 17.7 Å². The number of carbonyl (C=O) groups excluding carboxylic acids is 2. The number of nitrogens with zero attached hydrogens (tertiary/aromatic N) is 2. The lowest BCUT2D eigenvalue weighted by molar-refractivity contribution is 0.0700. The first-order valence-corrected chi connectivity index (χ1v) is 16.9. The summed E-state index contributed by atoms with van der Waals surface area (Å²) in [5, 5.41) is 5.23. The third kappa shape index (κ3) is 4.18. The van der Waals surface area contributed by atoms with Crippen LogP contribution in [0.5, 0.6) is 5.75 Å². The predicted octanol–water partition coefficient (Wildman–Crippen LogP) is 6.72. The predicted molar refractivity (Wildman–Crippen MR) is 179 cm³/mol. The van der Waals surface area contributed by atoms with Crippen LogP contribution in [0.2, 0.25) is 0 Å². The van der Waals surface area contributed by atoms with Crippen LogP contribution in [0.4, 0.5) is 0 Å². The Morgan fingerprint density at radius 2 is 1.87 bits per heavy atom. The quantitative estimate of drug-likeness (QED) is 0.222. The molecule has 2 aliphatic carbocycles. The molecule has 4 aliphatic rings. The molecule has 3 aromatic carbocycles. The molecule has 3 atom stereocenters. The zero-order valence-electron chi connectivity index (χ0n) is 25.6. The minimum atomic E-state index is 0.00835. The van der Waals surface area contributed by atoms with Crippen LogP contribution in [0.3, 0.4) is 0 Å². The second-order valence-corrected chi connectivity index (χ2v) is 14.5. The van der Waals surface area contributed by atoms with Crippen LogP contribution < -0.4 is 15.8 Å². The van der Waals surface area contributed by atoms with Crippen molar-refractivity contribution in [2.24, 2.45) is 17.6 Å². The van der Waals surface area contributed by atoms with Crippen molar-refractivity contribution >= 4 is 44.1 Å². The maximum atomic E-state index is 13.8. The van der Waals surface area contributed by atoms with Crippen LogP contribution in [0.1, 0.15) is 57.5 Å². The fourth-order valence-electron chi connectivity index (χ4n) is 8.11.